The number of nitrogens with one attached hydrogen (secondary N) is 2. The van der Waals surface area contributed by atoms with Crippen molar-refractivity contribution in [1.29, 1.82) is 0 Å². The van der Waals surface area contributed by atoms with E-state index >= 15 is 0 Å². The molecule has 0 aliphatic rings. The highest BCUT2D eigenvalue weighted by atomic mass is 32.1. The van der Waals surface area contributed by atoms with E-state index in [1.807, 2.05) is 18.3 Å². The molecule has 0 aliphatic carbocycles. The van der Waals surface area contributed by atoms with E-state index in [1.54, 1.807) is 12.1 Å². The van der Waals surface area contributed by atoms with Gasteiger partial charge < -0.3 is 10.6 Å². The summed E-state index contributed by atoms with van der Waals surface area (Å²) in [6.07, 6.45) is 0.945. The van der Waals surface area contributed by atoms with Crippen LogP contribution < -0.4 is 10.6 Å². The van der Waals surface area contributed by atoms with Gasteiger partial charge in [0.2, 0.25) is 0 Å². The van der Waals surface area contributed by atoms with Crippen molar-refractivity contribution < 1.29 is 4.92 Å². The lowest BCUT2D eigenvalue weighted by Gasteiger charge is -2.17. The summed E-state index contributed by atoms with van der Waals surface area (Å²) in [6, 6.07) is 11.1. The van der Waals surface area contributed by atoms with Gasteiger partial charge in [0.15, 0.2) is 5.96 Å². The molecule has 0 spiro atoms. The van der Waals surface area contributed by atoms with Crippen LogP contribution in [0.5, 0.6) is 0 Å². The lowest BCUT2D eigenvalue weighted by molar-refractivity contribution is -0.384. The standard InChI is InChI=1S/C18H24N4O2S/c1-4-19-18(21-13(2)11-17-10-5-14(3)25-17)20-12-15-6-8-16(9-7-15)22(23)24/h5-10,13H,4,11-12H2,1-3H3,(H2,19,20,21). The first-order chi connectivity index (χ1) is 12.0. The molecule has 1 heterocycles. The molecule has 0 amide bonds. The van der Waals surface area contributed by atoms with E-state index in [1.165, 1.54) is 21.9 Å². The van der Waals surface area contributed by atoms with Gasteiger partial charge in [-0.15, -0.1) is 11.3 Å². The molecule has 1 unspecified atom stereocenters. The molecule has 7 heteroatoms. The van der Waals surface area contributed by atoms with Gasteiger partial charge >= 0.3 is 0 Å². The van der Waals surface area contributed by atoms with Crippen LogP contribution in [0, 0.1) is 17.0 Å². The number of non-ortho nitro benzene ring substituents is 1. The van der Waals surface area contributed by atoms with Gasteiger partial charge in [-0.05, 0) is 38.5 Å². The average Bonchev–Trinajstić information content (AvgIpc) is 2.98. The van der Waals surface area contributed by atoms with E-state index in [2.05, 4.69) is 41.6 Å². The van der Waals surface area contributed by atoms with Crippen LogP contribution in [0.4, 0.5) is 5.69 Å². The molecule has 2 aromatic rings. The lowest BCUT2D eigenvalue weighted by Crippen LogP contribution is -2.43. The third-order valence-electron chi connectivity index (χ3n) is 3.60. The molecule has 134 valence electrons. The minimum Gasteiger partial charge on any atom is -0.357 e. The second kappa shape index (κ2) is 9.17. The van der Waals surface area contributed by atoms with Gasteiger partial charge in [0.25, 0.3) is 5.69 Å². The molecule has 2 rings (SSSR count). The maximum Gasteiger partial charge on any atom is 0.269 e. The quantitative estimate of drug-likeness (QED) is 0.342. The Hall–Kier alpha value is -2.41. The Balaban J connectivity index is 1.95. The van der Waals surface area contributed by atoms with Crippen molar-refractivity contribution in [1.82, 2.24) is 10.6 Å². The maximum atomic E-state index is 10.7. The highest BCUT2D eigenvalue weighted by Crippen LogP contribution is 2.16. The molecular weight excluding hydrogens is 336 g/mol. The molecule has 0 radical (unpaired) electrons. The van der Waals surface area contributed by atoms with Gasteiger partial charge in [-0.2, -0.15) is 0 Å². The average molecular weight is 360 g/mol. The SMILES string of the molecule is CCNC(=NCc1ccc([N+](=O)[O-])cc1)NC(C)Cc1ccc(C)s1. The second-order valence-electron chi connectivity index (χ2n) is 5.88. The summed E-state index contributed by atoms with van der Waals surface area (Å²) in [5, 5.41) is 17.3. The smallest absolute Gasteiger partial charge is 0.269 e. The minimum absolute atomic E-state index is 0.0950. The fourth-order valence-electron chi connectivity index (χ4n) is 2.39. The lowest BCUT2D eigenvalue weighted by atomic mass is 10.2. The van der Waals surface area contributed by atoms with Gasteiger partial charge in [-0.3, -0.25) is 10.1 Å². The molecule has 25 heavy (non-hydrogen) atoms. The molecule has 2 N–H and O–H groups in total. The zero-order valence-corrected chi connectivity index (χ0v) is 15.6. The zero-order chi connectivity index (χ0) is 18.2. The molecule has 0 aliphatic heterocycles. The first kappa shape index (κ1) is 18.9. The Labute approximate surface area is 152 Å². The van der Waals surface area contributed by atoms with Crippen molar-refractivity contribution in [3.63, 3.8) is 0 Å². The van der Waals surface area contributed by atoms with Crippen LogP contribution in [0.3, 0.4) is 0 Å². The van der Waals surface area contributed by atoms with Gasteiger partial charge in [0.05, 0.1) is 11.5 Å². The second-order valence-corrected chi connectivity index (χ2v) is 7.25. The molecule has 0 fully saturated rings. The number of nitro benzene ring substituents is 1. The monoisotopic (exact) mass is 360 g/mol. The Kier molecular flexibility index (Phi) is 6.94. The van der Waals surface area contributed by atoms with E-state index in [0.29, 0.717) is 6.54 Å². The summed E-state index contributed by atoms with van der Waals surface area (Å²) in [5.74, 6) is 0.752. The van der Waals surface area contributed by atoms with E-state index in [9.17, 15) is 10.1 Å². The van der Waals surface area contributed by atoms with Crippen molar-refractivity contribution >= 4 is 23.0 Å². The van der Waals surface area contributed by atoms with Crippen LogP contribution in [-0.2, 0) is 13.0 Å². The predicted molar refractivity (Wildman–Crippen MR) is 103 cm³/mol. The van der Waals surface area contributed by atoms with Crippen LogP contribution in [-0.4, -0.2) is 23.5 Å². The molecule has 1 aromatic carbocycles. The van der Waals surface area contributed by atoms with Crippen molar-refractivity contribution in [2.24, 2.45) is 4.99 Å². The van der Waals surface area contributed by atoms with E-state index in [4.69, 9.17) is 0 Å². The highest BCUT2D eigenvalue weighted by Gasteiger charge is 2.08. The Morgan fingerprint density at radius 2 is 2.00 bits per heavy atom. The zero-order valence-electron chi connectivity index (χ0n) is 14.8. The number of hydrogen-bond acceptors (Lipinski definition) is 4. The van der Waals surface area contributed by atoms with Crippen LogP contribution >= 0.6 is 11.3 Å². The van der Waals surface area contributed by atoms with E-state index in [-0.39, 0.29) is 11.7 Å². The summed E-state index contributed by atoms with van der Waals surface area (Å²) in [6.45, 7) is 7.52. The van der Waals surface area contributed by atoms with E-state index < -0.39 is 4.92 Å². The molecule has 0 saturated heterocycles. The Morgan fingerprint density at radius 1 is 1.28 bits per heavy atom. The van der Waals surface area contributed by atoms with Gasteiger partial charge in [-0.1, -0.05) is 12.1 Å². The van der Waals surface area contributed by atoms with Crippen LogP contribution in [0.2, 0.25) is 0 Å². The van der Waals surface area contributed by atoms with Crippen molar-refractivity contribution in [3.8, 4) is 0 Å². The summed E-state index contributed by atoms with van der Waals surface area (Å²) in [5.41, 5.74) is 1.03. The Bertz CT molecular complexity index is 725. The van der Waals surface area contributed by atoms with Gasteiger partial charge in [-0.25, -0.2) is 4.99 Å². The fourth-order valence-corrected chi connectivity index (χ4v) is 3.41. The van der Waals surface area contributed by atoms with Crippen LogP contribution in [0.25, 0.3) is 0 Å². The third-order valence-corrected chi connectivity index (χ3v) is 4.62. The number of hydrogen-bond donors (Lipinski definition) is 2. The number of nitrogens with zero attached hydrogens (tertiary/aromatic N) is 2. The molecule has 6 nitrogen and oxygen atoms in total. The van der Waals surface area contributed by atoms with E-state index in [0.717, 1.165) is 24.5 Å². The minimum atomic E-state index is -0.396. The number of aryl methyl sites for hydroxylation is 1. The highest BCUT2D eigenvalue weighted by molar-refractivity contribution is 7.11. The van der Waals surface area contributed by atoms with Crippen LogP contribution in [0.15, 0.2) is 41.4 Å². The molecule has 1 aromatic heterocycles. The third kappa shape index (κ3) is 6.19. The predicted octanol–water partition coefficient (Wildman–Crippen LogP) is 3.65. The van der Waals surface area contributed by atoms with Gasteiger partial charge in [0, 0.05) is 40.9 Å². The number of guanidine groups is 1. The van der Waals surface area contributed by atoms with Crippen molar-refractivity contribution in [2.45, 2.75) is 39.8 Å². The molecular formula is C18H24N4O2S. The summed E-state index contributed by atoms with van der Waals surface area (Å²) in [7, 11) is 0. The molecule has 1 atom stereocenters. The van der Waals surface area contributed by atoms with Crippen LogP contribution in [0.1, 0.15) is 29.2 Å². The number of nitro groups is 1. The molecule has 0 bridgehead atoms. The van der Waals surface area contributed by atoms with Crippen molar-refractivity contribution in [2.75, 3.05) is 6.54 Å². The van der Waals surface area contributed by atoms with Crippen molar-refractivity contribution in [3.05, 3.63) is 61.8 Å². The first-order valence-corrected chi connectivity index (χ1v) is 9.13. The number of rotatable bonds is 7. The fraction of sp³-hybridized carbons (Fsp3) is 0.389. The van der Waals surface area contributed by atoms with Gasteiger partial charge in [0.1, 0.15) is 0 Å². The Morgan fingerprint density at radius 3 is 2.56 bits per heavy atom. The number of thiophene rings is 1. The topological polar surface area (TPSA) is 79.6 Å². The summed E-state index contributed by atoms with van der Waals surface area (Å²) < 4.78 is 0. The number of aliphatic imine (C=N–C) groups is 1. The maximum absolute atomic E-state index is 10.7. The summed E-state index contributed by atoms with van der Waals surface area (Å²) >= 11 is 1.82. The first-order valence-electron chi connectivity index (χ1n) is 8.31. The summed E-state index contributed by atoms with van der Waals surface area (Å²) in [4.78, 5) is 17.5. The molecule has 0 saturated carbocycles. The normalized spacial score (nSPS) is 12.7. The largest absolute Gasteiger partial charge is 0.357 e. The number of benzene rings is 1.